The number of aliphatic hydroxyl groups is 1. The first-order valence-electron chi connectivity index (χ1n) is 5.50. The van der Waals surface area contributed by atoms with Crippen LogP contribution in [0.15, 0.2) is 23.1 Å². The highest BCUT2D eigenvalue weighted by Gasteiger charge is 2.35. The Morgan fingerprint density at radius 3 is 2.67 bits per heavy atom. The molecule has 0 atom stereocenters. The van der Waals surface area contributed by atoms with Crippen molar-refractivity contribution >= 4 is 21.6 Å². The van der Waals surface area contributed by atoms with Gasteiger partial charge in [-0.15, -0.1) is 0 Å². The van der Waals surface area contributed by atoms with E-state index in [0.717, 1.165) is 18.6 Å². The Bertz CT molecular complexity index is 557. The Morgan fingerprint density at radius 2 is 2.11 bits per heavy atom. The van der Waals surface area contributed by atoms with E-state index in [-0.39, 0.29) is 16.5 Å². The van der Waals surface area contributed by atoms with Crippen LogP contribution < -0.4 is 4.72 Å². The quantitative estimate of drug-likeness (QED) is 0.887. The normalized spacial score (nSPS) is 18.4. The van der Waals surface area contributed by atoms with Crippen LogP contribution in [0.3, 0.4) is 0 Å². The van der Waals surface area contributed by atoms with Gasteiger partial charge >= 0.3 is 0 Å². The van der Waals surface area contributed by atoms with E-state index in [1.165, 1.54) is 6.07 Å². The van der Waals surface area contributed by atoms with E-state index in [0.29, 0.717) is 12.8 Å². The summed E-state index contributed by atoms with van der Waals surface area (Å²) >= 11 is 5.73. The number of hydrogen-bond acceptors (Lipinski definition) is 3. The first kappa shape index (κ1) is 13.7. The zero-order chi connectivity index (χ0) is 13.4. The molecule has 7 heteroatoms. The summed E-state index contributed by atoms with van der Waals surface area (Å²) in [7, 11) is -3.90. The minimum Gasteiger partial charge on any atom is -0.389 e. The average molecular weight is 294 g/mol. The van der Waals surface area contributed by atoms with Gasteiger partial charge in [-0.25, -0.2) is 17.5 Å². The number of nitrogens with one attached hydrogen (secondary N) is 1. The van der Waals surface area contributed by atoms with Gasteiger partial charge in [-0.1, -0.05) is 11.6 Å². The lowest BCUT2D eigenvalue weighted by molar-refractivity contribution is -0.0270. The lowest BCUT2D eigenvalue weighted by atomic mass is 9.81. The molecule has 0 saturated heterocycles. The molecular formula is C11H13ClFNO3S. The summed E-state index contributed by atoms with van der Waals surface area (Å²) in [5.41, 5.74) is -0.979. The second-order valence-corrected chi connectivity index (χ2v) is 6.62. The summed E-state index contributed by atoms with van der Waals surface area (Å²) in [5, 5.41) is 9.76. The lowest BCUT2D eigenvalue weighted by Gasteiger charge is -2.36. The Balaban J connectivity index is 2.17. The van der Waals surface area contributed by atoms with Crippen molar-refractivity contribution in [1.29, 1.82) is 0 Å². The van der Waals surface area contributed by atoms with Crippen LogP contribution in [0.4, 0.5) is 4.39 Å². The minimum atomic E-state index is -3.90. The first-order valence-corrected chi connectivity index (χ1v) is 7.36. The van der Waals surface area contributed by atoms with Crippen molar-refractivity contribution in [3.63, 3.8) is 0 Å². The summed E-state index contributed by atoms with van der Waals surface area (Å²) in [4.78, 5) is -0.313. The second-order valence-electron chi connectivity index (χ2n) is 4.48. The van der Waals surface area contributed by atoms with E-state index in [1.807, 2.05) is 0 Å². The monoisotopic (exact) mass is 293 g/mol. The van der Waals surface area contributed by atoms with Crippen LogP contribution in [-0.2, 0) is 10.0 Å². The van der Waals surface area contributed by atoms with Crippen molar-refractivity contribution in [2.24, 2.45) is 0 Å². The van der Waals surface area contributed by atoms with Gasteiger partial charge < -0.3 is 5.11 Å². The molecule has 0 bridgehead atoms. The third-order valence-corrected chi connectivity index (χ3v) is 4.94. The highest BCUT2D eigenvalue weighted by atomic mass is 35.5. The highest BCUT2D eigenvalue weighted by molar-refractivity contribution is 7.89. The van der Waals surface area contributed by atoms with Crippen LogP contribution in [-0.4, -0.2) is 25.7 Å². The van der Waals surface area contributed by atoms with Crippen molar-refractivity contribution in [2.45, 2.75) is 29.8 Å². The van der Waals surface area contributed by atoms with E-state index >= 15 is 0 Å². The molecule has 18 heavy (non-hydrogen) atoms. The Hall–Kier alpha value is -0.690. The summed E-state index contributed by atoms with van der Waals surface area (Å²) in [6, 6.07) is 3.12. The van der Waals surface area contributed by atoms with Crippen LogP contribution in [0.5, 0.6) is 0 Å². The second kappa shape index (κ2) is 4.77. The number of hydrogen-bond donors (Lipinski definition) is 2. The maximum atomic E-state index is 13.0. The van der Waals surface area contributed by atoms with Gasteiger partial charge in [0.05, 0.1) is 10.6 Å². The number of halogens is 2. The molecule has 1 aromatic carbocycles. The van der Waals surface area contributed by atoms with Gasteiger partial charge in [-0.2, -0.15) is 0 Å². The molecule has 2 N–H and O–H groups in total. The van der Waals surface area contributed by atoms with Gasteiger partial charge in [0.2, 0.25) is 10.0 Å². The number of sulfonamides is 1. The fourth-order valence-electron chi connectivity index (χ4n) is 1.75. The SMILES string of the molecule is O=S(=O)(NCC1(O)CCC1)c1cc(F)ccc1Cl. The topological polar surface area (TPSA) is 66.4 Å². The predicted molar refractivity (Wildman–Crippen MR) is 65.4 cm³/mol. The molecule has 100 valence electrons. The van der Waals surface area contributed by atoms with Crippen LogP contribution in [0, 0.1) is 5.82 Å². The fourth-order valence-corrected chi connectivity index (χ4v) is 3.38. The van der Waals surface area contributed by atoms with Gasteiger partial charge in [0.15, 0.2) is 0 Å². The smallest absolute Gasteiger partial charge is 0.242 e. The Morgan fingerprint density at radius 1 is 1.44 bits per heavy atom. The molecule has 1 aromatic rings. The summed E-state index contributed by atoms with van der Waals surface area (Å²) in [6.45, 7) is -0.0812. The average Bonchev–Trinajstić information content (AvgIpc) is 2.27. The molecule has 2 rings (SSSR count). The molecule has 1 aliphatic carbocycles. The third kappa shape index (κ3) is 2.83. The maximum Gasteiger partial charge on any atom is 0.242 e. The molecule has 1 saturated carbocycles. The zero-order valence-electron chi connectivity index (χ0n) is 9.49. The number of benzene rings is 1. The summed E-state index contributed by atoms with van der Waals surface area (Å²) < 4.78 is 39.1. The van der Waals surface area contributed by atoms with Gasteiger partial charge in [0.1, 0.15) is 10.7 Å². The molecule has 0 radical (unpaired) electrons. The van der Waals surface area contributed by atoms with Crippen molar-refractivity contribution in [3.05, 3.63) is 29.0 Å². The Labute approximate surface area is 110 Å². The van der Waals surface area contributed by atoms with Crippen molar-refractivity contribution in [1.82, 2.24) is 4.72 Å². The van der Waals surface area contributed by atoms with E-state index in [1.54, 1.807) is 0 Å². The standard InChI is InChI=1S/C11H13ClFNO3S/c12-9-3-2-8(13)6-10(9)18(16,17)14-7-11(15)4-1-5-11/h2-3,6,14-15H,1,4-5,7H2. The van der Waals surface area contributed by atoms with Gasteiger partial charge in [0, 0.05) is 6.54 Å². The fraction of sp³-hybridized carbons (Fsp3) is 0.455. The van der Waals surface area contributed by atoms with Crippen LogP contribution in [0.1, 0.15) is 19.3 Å². The molecule has 0 spiro atoms. The van der Waals surface area contributed by atoms with Crippen LogP contribution >= 0.6 is 11.6 Å². The van der Waals surface area contributed by atoms with E-state index in [4.69, 9.17) is 11.6 Å². The van der Waals surface area contributed by atoms with Crippen molar-refractivity contribution < 1.29 is 17.9 Å². The zero-order valence-corrected chi connectivity index (χ0v) is 11.1. The largest absolute Gasteiger partial charge is 0.389 e. The summed E-state index contributed by atoms with van der Waals surface area (Å²) in [5.74, 6) is -0.679. The van der Waals surface area contributed by atoms with Crippen LogP contribution in [0.25, 0.3) is 0 Å². The van der Waals surface area contributed by atoms with Crippen molar-refractivity contribution in [3.8, 4) is 0 Å². The maximum absolute atomic E-state index is 13.0. The Kier molecular flexibility index (Phi) is 3.64. The van der Waals surface area contributed by atoms with E-state index < -0.39 is 21.4 Å². The highest BCUT2D eigenvalue weighted by Crippen LogP contribution is 2.31. The molecule has 4 nitrogen and oxygen atoms in total. The first-order chi connectivity index (χ1) is 8.32. The van der Waals surface area contributed by atoms with Gasteiger partial charge in [-0.05, 0) is 37.5 Å². The lowest BCUT2D eigenvalue weighted by Crippen LogP contribution is -2.47. The van der Waals surface area contributed by atoms with E-state index in [9.17, 15) is 17.9 Å². The third-order valence-electron chi connectivity index (χ3n) is 3.06. The predicted octanol–water partition coefficient (Wildman–Crippen LogP) is 1.67. The molecular weight excluding hydrogens is 281 g/mol. The summed E-state index contributed by atoms with van der Waals surface area (Å²) in [6.07, 6.45) is 2.00. The van der Waals surface area contributed by atoms with Crippen LogP contribution in [0.2, 0.25) is 5.02 Å². The molecule has 0 heterocycles. The number of rotatable bonds is 4. The van der Waals surface area contributed by atoms with Crippen molar-refractivity contribution in [2.75, 3.05) is 6.54 Å². The van der Waals surface area contributed by atoms with Gasteiger partial charge in [-0.3, -0.25) is 0 Å². The van der Waals surface area contributed by atoms with Gasteiger partial charge in [0.25, 0.3) is 0 Å². The minimum absolute atomic E-state index is 0.0514. The molecule has 1 aliphatic rings. The molecule has 0 aliphatic heterocycles. The molecule has 0 unspecified atom stereocenters. The molecule has 0 amide bonds. The molecule has 0 aromatic heterocycles. The van der Waals surface area contributed by atoms with E-state index in [2.05, 4.69) is 4.72 Å². The molecule has 1 fully saturated rings.